The van der Waals surface area contributed by atoms with E-state index < -0.39 is 0 Å². The van der Waals surface area contributed by atoms with Gasteiger partial charge in [-0.2, -0.15) is 0 Å². The van der Waals surface area contributed by atoms with Crippen molar-refractivity contribution in [2.45, 2.75) is 32.2 Å². The number of hydrogen-bond donors (Lipinski definition) is 2. The lowest BCUT2D eigenvalue weighted by molar-refractivity contribution is 0.312. The molecule has 134 valence electrons. The van der Waals surface area contributed by atoms with Crippen molar-refractivity contribution in [3.63, 3.8) is 0 Å². The number of benzene rings is 1. The molecule has 0 aromatic heterocycles. The van der Waals surface area contributed by atoms with Crippen molar-refractivity contribution in [1.82, 2.24) is 10.6 Å². The summed E-state index contributed by atoms with van der Waals surface area (Å²) in [7, 11) is 1.66. The maximum absolute atomic E-state index is 5.71. The molecule has 0 atom stereocenters. The highest BCUT2D eigenvalue weighted by Gasteiger charge is 2.11. The quantitative estimate of drug-likeness (QED) is 0.212. The van der Waals surface area contributed by atoms with E-state index in [4.69, 9.17) is 9.47 Å². The molecule has 1 aliphatic rings. The van der Waals surface area contributed by atoms with Crippen molar-refractivity contribution in [2.75, 3.05) is 26.8 Å². The summed E-state index contributed by atoms with van der Waals surface area (Å²) >= 11 is 0. The van der Waals surface area contributed by atoms with Gasteiger partial charge >= 0.3 is 0 Å². The van der Waals surface area contributed by atoms with Gasteiger partial charge in [0.25, 0.3) is 0 Å². The molecule has 0 fully saturated rings. The number of nitrogens with one attached hydrogen (secondary N) is 2. The lowest BCUT2D eigenvalue weighted by Crippen LogP contribution is -2.42. The molecule has 1 aromatic carbocycles. The summed E-state index contributed by atoms with van der Waals surface area (Å²) in [5.74, 6) is 2.59. The van der Waals surface area contributed by atoms with Gasteiger partial charge in [0.05, 0.1) is 13.7 Å². The maximum Gasteiger partial charge on any atom is 0.191 e. The van der Waals surface area contributed by atoms with E-state index in [0.29, 0.717) is 12.6 Å². The Morgan fingerprint density at radius 3 is 2.46 bits per heavy atom. The van der Waals surface area contributed by atoms with Crippen molar-refractivity contribution in [3.8, 4) is 11.5 Å². The SMILES string of the molecule is CCNC(=NCCCOc1ccc(OC)cc1)NC1CC=CC1.I. The van der Waals surface area contributed by atoms with Crippen LogP contribution in [-0.4, -0.2) is 38.8 Å². The standard InChI is InChI=1S/C18H27N3O2.HI/c1-3-19-18(21-15-7-4-5-8-15)20-13-6-14-23-17-11-9-16(22-2)10-12-17;/h4-5,9-12,15H,3,6-8,13-14H2,1-2H3,(H2,19,20,21);1H. The lowest BCUT2D eigenvalue weighted by Gasteiger charge is -2.16. The number of nitrogens with zero attached hydrogens (tertiary/aromatic N) is 1. The molecule has 0 bridgehead atoms. The Morgan fingerprint density at radius 1 is 1.17 bits per heavy atom. The number of methoxy groups -OCH3 is 1. The summed E-state index contributed by atoms with van der Waals surface area (Å²) in [6.07, 6.45) is 7.45. The van der Waals surface area contributed by atoms with Crippen LogP contribution in [0.25, 0.3) is 0 Å². The van der Waals surface area contributed by atoms with Crippen LogP contribution in [-0.2, 0) is 0 Å². The first-order valence-electron chi connectivity index (χ1n) is 8.28. The molecule has 0 aliphatic heterocycles. The first-order valence-corrected chi connectivity index (χ1v) is 8.28. The highest BCUT2D eigenvalue weighted by Crippen LogP contribution is 2.17. The fourth-order valence-corrected chi connectivity index (χ4v) is 2.37. The fraction of sp³-hybridized carbons (Fsp3) is 0.500. The van der Waals surface area contributed by atoms with Crippen LogP contribution in [0, 0.1) is 0 Å². The number of rotatable bonds is 8. The first kappa shape index (κ1) is 20.6. The summed E-state index contributed by atoms with van der Waals surface area (Å²) in [5.41, 5.74) is 0. The number of guanidine groups is 1. The minimum atomic E-state index is 0. The van der Waals surface area contributed by atoms with Gasteiger partial charge in [0.15, 0.2) is 5.96 Å². The molecule has 2 N–H and O–H groups in total. The average Bonchev–Trinajstić information content (AvgIpc) is 3.08. The Balaban J connectivity index is 0.00000288. The monoisotopic (exact) mass is 445 g/mol. The lowest BCUT2D eigenvalue weighted by atomic mass is 10.2. The third-order valence-electron chi connectivity index (χ3n) is 3.59. The Morgan fingerprint density at radius 2 is 1.83 bits per heavy atom. The van der Waals surface area contributed by atoms with Crippen LogP contribution >= 0.6 is 24.0 Å². The van der Waals surface area contributed by atoms with E-state index >= 15 is 0 Å². The van der Waals surface area contributed by atoms with Gasteiger partial charge in [0.1, 0.15) is 11.5 Å². The van der Waals surface area contributed by atoms with E-state index in [9.17, 15) is 0 Å². The third-order valence-corrected chi connectivity index (χ3v) is 3.59. The van der Waals surface area contributed by atoms with Crippen LogP contribution in [0.5, 0.6) is 11.5 Å². The minimum absolute atomic E-state index is 0. The van der Waals surface area contributed by atoms with Crippen LogP contribution in [0.3, 0.4) is 0 Å². The second kappa shape index (κ2) is 12.0. The molecule has 1 aliphatic carbocycles. The minimum Gasteiger partial charge on any atom is -0.497 e. The van der Waals surface area contributed by atoms with E-state index in [-0.39, 0.29) is 24.0 Å². The van der Waals surface area contributed by atoms with Gasteiger partial charge in [-0.3, -0.25) is 4.99 Å². The summed E-state index contributed by atoms with van der Waals surface area (Å²) in [6.45, 7) is 4.34. The van der Waals surface area contributed by atoms with E-state index in [1.54, 1.807) is 7.11 Å². The van der Waals surface area contributed by atoms with Crippen LogP contribution < -0.4 is 20.1 Å². The fourth-order valence-electron chi connectivity index (χ4n) is 2.37. The Labute approximate surface area is 161 Å². The molecule has 0 saturated heterocycles. The van der Waals surface area contributed by atoms with Crippen LogP contribution in [0.15, 0.2) is 41.4 Å². The molecule has 1 aromatic rings. The van der Waals surface area contributed by atoms with Gasteiger partial charge in [-0.05, 0) is 44.0 Å². The highest BCUT2D eigenvalue weighted by molar-refractivity contribution is 14.0. The van der Waals surface area contributed by atoms with Gasteiger partial charge in [-0.1, -0.05) is 12.2 Å². The predicted molar refractivity (Wildman–Crippen MR) is 110 cm³/mol. The summed E-state index contributed by atoms with van der Waals surface area (Å²) < 4.78 is 10.8. The van der Waals surface area contributed by atoms with Crippen molar-refractivity contribution in [2.24, 2.45) is 4.99 Å². The Kier molecular flexibility index (Phi) is 10.3. The molecule has 0 saturated carbocycles. The topological polar surface area (TPSA) is 54.9 Å². The Hall–Kier alpha value is -1.44. The van der Waals surface area contributed by atoms with Gasteiger partial charge < -0.3 is 20.1 Å². The highest BCUT2D eigenvalue weighted by atomic mass is 127. The van der Waals surface area contributed by atoms with Crippen molar-refractivity contribution in [1.29, 1.82) is 0 Å². The maximum atomic E-state index is 5.71. The van der Waals surface area contributed by atoms with Crippen LogP contribution in [0.1, 0.15) is 26.2 Å². The number of ether oxygens (including phenoxy) is 2. The molecular formula is C18H28IN3O2. The van der Waals surface area contributed by atoms with Gasteiger partial charge in [-0.25, -0.2) is 0 Å². The summed E-state index contributed by atoms with van der Waals surface area (Å²) in [5, 5.41) is 6.75. The van der Waals surface area contributed by atoms with Crippen molar-refractivity contribution in [3.05, 3.63) is 36.4 Å². The molecule has 24 heavy (non-hydrogen) atoms. The van der Waals surface area contributed by atoms with E-state index in [1.165, 1.54) is 0 Å². The van der Waals surface area contributed by atoms with Crippen molar-refractivity contribution >= 4 is 29.9 Å². The van der Waals surface area contributed by atoms with Gasteiger partial charge in [0, 0.05) is 25.6 Å². The second-order valence-electron chi connectivity index (χ2n) is 5.42. The predicted octanol–water partition coefficient (Wildman–Crippen LogP) is 3.36. The van der Waals surface area contributed by atoms with Crippen LogP contribution in [0.2, 0.25) is 0 Å². The van der Waals surface area contributed by atoms with E-state index in [2.05, 4.69) is 34.7 Å². The molecule has 6 heteroatoms. The zero-order valence-electron chi connectivity index (χ0n) is 14.5. The number of aliphatic imine (C=N–C) groups is 1. The summed E-state index contributed by atoms with van der Waals surface area (Å²) in [6, 6.07) is 8.11. The van der Waals surface area contributed by atoms with Gasteiger partial charge in [0.2, 0.25) is 0 Å². The van der Waals surface area contributed by atoms with E-state index in [0.717, 1.165) is 49.8 Å². The zero-order valence-corrected chi connectivity index (χ0v) is 16.8. The van der Waals surface area contributed by atoms with E-state index in [1.807, 2.05) is 24.3 Å². The Bertz CT molecular complexity index is 510. The first-order chi connectivity index (χ1) is 11.3. The van der Waals surface area contributed by atoms with Gasteiger partial charge in [-0.15, -0.1) is 24.0 Å². The largest absolute Gasteiger partial charge is 0.497 e. The van der Waals surface area contributed by atoms with Crippen molar-refractivity contribution < 1.29 is 9.47 Å². The molecule has 0 unspecified atom stereocenters. The molecule has 0 radical (unpaired) electrons. The zero-order chi connectivity index (χ0) is 16.3. The number of halogens is 1. The summed E-state index contributed by atoms with van der Waals surface area (Å²) in [4.78, 5) is 4.60. The molecule has 0 amide bonds. The molecule has 0 spiro atoms. The smallest absolute Gasteiger partial charge is 0.191 e. The molecular weight excluding hydrogens is 417 g/mol. The second-order valence-corrected chi connectivity index (χ2v) is 5.42. The molecule has 0 heterocycles. The normalized spacial score (nSPS) is 14.2. The molecule has 5 nitrogen and oxygen atoms in total. The van der Waals surface area contributed by atoms with Crippen LogP contribution in [0.4, 0.5) is 0 Å². The molecule has 2 rings (SSSR count). The average molecular weight is 445 g/mol. The number of hydrogen-bond acceptors (Lipinski definition) is 3. The third kappa shape index (κ3) is 7.42.